The number of hydrogen-bond acceptors (Lipinski definition) is 2. The van der Waals surface area contributed by atoms with Gasteiger partial charge in [0, 0.05) is 6.42 Å². The second-order valence-electron chi connectivity index (χ2n) is 4.31. The van der Waals surface area contributed by atoms with Gasteiger partial charge in [0.05, 0.1) is 0 Å². The number of halogens is 3. The van der Waals surface area contributed by atoms with Crippen LogP contribution in [-0.4, -0.2) is 25.8 Å². The molecule has 0 saturated carbocycles. The maximum Gasteiger partial charge on any atom is 0.389 e. The summed E-state index contributed by atoms with van der Waals surface area (Å²) in [6, 6.07) is 0. The first-order chi connectivity index (χ1) is 7.45. The summed E-state index contributed by atoms with van der Waals surface area (Å²) in [5.41, 5.74) is 5.38. The van der Waals surface area contributed by atoms with Gasteiger partial charge in [-0.25, -0.2) is 0 Å². The van der Waals surface area contributed by atoms with E-state index in [-0.39, 0.29) is 6.42 Å². The number of alkyl halides is 3. The van der Waals surface area contributed by atoms with Crippen LogP contribution in [0.25, 0.3) is 0 Å². The van der Waals surface area contributed by atoms with Crippen LogP contribution in [0, 0.1) is 5.92 Å². The van der Waals surface area contributed by atoms with Crippen LogP contribution in [-0.2, 0) is 0 Å². The second kappa shape index (κ2) is 8.82. The van der Waals surface area contributed by atoms with Crippen molar-refractivity contribution in [3.63, 3.8) is 0 Å². The Morgan fingerprint density at radius 3 is 2.44 bits per heavy atom. The standard InChI is InChI=1S/C11H23F3N2/c1-10(5-4-7-15)9-16-8-3-2-6-11(12,13)14/h10,16H,2-9,15H2,1H3. The minimum Gasteiger partial charge on any atom is -0.330 e. The summed E-state index contributed by atoms with van der Waals surface area (Å²) in [5, 5.41) is 3.17. The molecule has 0 spiro atoms. The third kappa shape index (κ3) is 11.8. The highest BCUT2D eigenvalue weighted by Gasteiger charge is 2.25. The van der Waals surface area contributed by atoms with Crippen LogP contribution in [0.15, 0.2) is 0 Å². The fourth-order valence-electron chi connectivity index (χ4n) is 1.49. The predicted molar refractivity (Wildman–Crippen MR) is 60.2 cm³/mol. The van der Waals surface area contributed by atoms with Gasteiger partial charge in [0.2, 0.25) is 0 Å². The summed E-state index contributed by atoms with van der Waals surface area (Å²) < 4.78 is 35.4. The van der Waals surface area contributed by atoms with Crippen molar-refractivity contribution in [1.29, 1.82) is 0 Å². The minimum absolute atomic E-state index is 0.216. The largest absolute Gasteiger partial charge is 0.389 e. The molecule has 1 unspecified atom stereocenters. The first kappa shape index (κ1) is 15.7. The van der Waals surface area contributed by atoms with Crippen LogP contribution in [0.5, 0.6) is 0 Å². The highest BCUT2D eigenvalue weighted by Crippen LogP contribution is 2.21. The molecule has 98 valence electrons. The molecule has 0 aliphatic carbocycles. The van der Waals surface area contributed by atoms with Crippen molar-refractivity contribution < 1.29 is 13.2 Å². The van der Waals surface area contributed by atoms with E-state index in [0.29, 0.717) is 25.4 Å². The molecule has 0 aromatic rings. The Hall–Kier alpha value is -0.290. The Kier molecular flexibility index (Phi) is 8.66. The van der Waals surface area contributed by atoms with E-state index >= 15 is 0 Å². The van der Waals surface area contributed by atoms with Crippen molar-refractivity contribution >= 4 is 0 Å². The molecule has 0 aliphatic heterocycles. The smallest absolute Gasteiger partial charge is 0.330 e. The topological polar surface area (TPSA) is 38.0 Å². The number of hydrogen-bond donors (Lipinski definition) is 2. The summed E-state index contributed by atoms with van der Waals surface area (Å²) >= 11 is 0. The Labute approximate surface area is 95.8 Å². The third-order valence-electron chi connectivity index (χ3n) is 2.46. The molecule has 16 heavy (non-hydrogen) atoms. The molecule has 0 aromatic carbocycles. The molecule has 0 fully saturated rings. The zero-order chi connectivity index (χ0) is 12.4. The van der Waals surface area contributed by atoms with Gasteiger partial charge in [-0.2, -0.15) is 13.2 Å². The summed E-state index contributed by atoms with van der Waals surface area (Å²) in [6.07, 6.45) is -1.79. The molecule has 0 amide bonds. The molecule has 1 atom stereocenters. The molecular formula is C11H23F3N2. The highest BCUT2D eigenvalue weighted by molar-refractivity contribution is 4.59. The van der Waals surface area contributed by atoms with Crippen molar-refractivity contribution in [2.45, 2.75) is 45.2 Å². The van der Waals surface area contributed by atoms with E-state index in [4.69, 9.17) is 5.73 Å². The van der Waals surface area contributed by atoms with Crippen LogP contribution in [0.1, 0.15) is 39.0 Å². The maximum absolute atomic E-state index is 11.8. The van der Waals surface area contributed by atoms with E-state index in [1.54, 1.807) is 0 Å². The van der Waals surface area contributed by atoms with E-state index in [2.05, 4.69) is 12.2 Å². The van der Waals surface area contributed by atoms with Crippen LogP contribution in [0.3, 0.4) is 0 Å². The number of rotatable bonds is 9. The quantitative estimate of drug-likeness (QED) is 0.608. The van der Waals surface area contributed by atoms with Crippen molar-refractivity contribution in [3.8, 4) is 0 Å². The minimum atomic E-state index is -4.01. The maximum atomic E-state index is 11.8. The van der Waals surface area contributed by atoms with Gasteiger partial charge in [0.25, 0.3) is 0 Å². The van der Waals surface area contributed by atoms with Crippen LogP contribution in [0.4, 0.5) is 13.2 Å². The lowest BCUT2D eigenvalue weighted by Crippen LogP contribution is -2.23. The van der Waals surface area contributed by atoms with Crippen molar-refractivity contribution in [1.82, 2.24) is 5.32 Å². The van der Waals surface area contributed by atoms with Gasteiger partial charge in [-0.3, -0.25) is 0 Å². The molecule has 2 nitrogen and oxygen atoms in total. The van der Waals surface area contributed by atoms with E-state index in [1.807, 2.05) is 0 Å². The lowest BCUT2D eigenvalue weighted by atomic mass is 10.1. The normalized spacial score (nSPS) is 14.1. The average molecular weight is 240 g/mol. The zero-order valence-electron chi connectivity index (χ0n) is 9.95. The van der Waals surface area contributed by atoms with E-state index in [9.17, 15) is 13.2 Å². The highest BCUT2D eigenvalue weighted by atomic mass is 19.4. The molecule has 0 bridgehead atoms. The molecule has 0 aromatic heterocycles. The fourth-order valence-corrected chi connectivity index (χ4v) is 1.49. The monoisotopic (exact) mass is 240 g/mol. The first-order valence-corrected chi connectivity index (χ1v) is 5.93. The van der Waals surface area contributed by atoms with Gasteiger partial charge in [0.15, 0.2) is 0 Å². The van der Waals surface area contributed by atoms with E-state index < -0.39 is 12.6 Å². The Morgan fingerprint density at radius 2 is 1.88 bits per heavy atom. The molecule has 0 heterocycles. The fraction of sp³-hybridized carbons (Fsp3) is 1.00. The molecule has 0 radical (unpaired) electrons. The SMILES string of the molecule is CC(CCCN)CNCCCCC(F)(F)F. The van der Waals surface area contributed by atoms with Gasteiger partial charge in [0.1, 0.15) is 0 Å². The van der Waals surface area contributed by atoms with Crippen molar-refractivity contribution in [3.05, 3.63) is 0 Å². The molecule has 0 aliphatic rings. The van der Waals surface area contributed by atoms with Crippen molar-refractivity contribution in [2.75, 3.05) is 19.6 Å². The molecule has 5 heteroatoms. The lowest BCUT2D eigenvalue weighted by molar-refractivity contribution is -0.135. The zero-order valence-corrected chi connectivity index (χ0v) is 9.95. The van der Waals surface area contributed by atoms with Crippen LogP contribution >= 0.6 is 0 Å². The number of nitrogens with two attached hydrogens (primary N) is 1. The summed E-state index contributed by atoms with van der Waals surface area (Å²) in [7, 11) is 0. The first-order valence-electron chi connectivity index (χ1n) is 5.93. The van der Waals surface area contributed by atoms with Gasteiger partial charge in [-0.1, -0.05) is 6.92 Å². The summed E-state index contributed by atoms with van der Waals surface area (Å²) in [6.45, 7) is 4.36. The Bertz CT molecular complexity index is 160. The second-order valence-corrected chi connectivity index (χ2v) is 4.31. The van der Waals surface area contributed by atoms with Crippen molar-refractivity contribution in [2.24, 2.45) is 11.7 Å². The van der Waals surface area contributed by atoms with E-state index in [0.717, 1.165) is 19.4 Å². The molecular weight excluding hydrogens is 217 g/mol. The van der Waals surface area contributed by atoms with Gasteiger partial charge in [-0.15, -0.1) is 0 Å². The summed E-state index contributed by atoms with van der Waals surface area (Å²) in [5.74, 6) is 0.547. The Balaban J connectivity index is 3.20. The number of nitrogens with one attached hydrogen (secondary N) is 1. The summed E-state index contributed by atoms with van der Waals surface area (Å²) in [4.78, 5) is 0. The molecule has 0 saturated heterocycles. The molecule has 0 rings (SSSR count). The van der Waals surface area contributed by atoms with Gasteiger partial charge >= 0.3 is 6.18 Å². The number of unbranched alkanes of at least 4 members (excludes halogenated alkanes) is 1. The molecule has 3 N–H and O–H groups in total. The van der Waals surface area contributed by atoms with Crippen LogP contribution < -0.4 is 11.1 Å². The lowest BCUT2D eigenvalue weighted by Gasteiger charge is -2.12. The average Bonchev–Trinajstić information content (AvgIpc) is 2.18. The van der Waals surface area contributed by atoms with Crippen LogP contribution in [0.2, 0.25) is 0 Å². The third-order valence-corrected chi connectivity index (χ3v) is 2.46. The predicted octanol–water partition coefficient (Wildman–Crippen LogP) is 2.68. The Morgan fingerprint density at radius 1 is 1.19 bits per heavy atom. The van der Waals surface area contributed by atoms with Gasteiger partial charge in [-0.05, 0) is 51.2 Å². The van der Waals surface area contributed by atoms with Gasteiger partial charge < -0.3 is 11.1 Å². The van der Waals surface area contributed by atoms with E-state index in [1.165, 1.54) is 0 Å².